The number of rotatable bonds is 4. The maximum atomic E-state index is 3.74. The van der Waals surface area contributed by atoms with Gasteiger partial charge in [0.05, 0.1) is 0 Å². The third-order valence-electron chi connectivity index (χ3n) is 1.44. The molecule has 0 unspecified atom stereocenters. The molecule has 58 valence electrons. The molecule has 0 fully saturated rings. The Morgan fingerprint density at radius 3 is 2.50 bits per heavy atom. The van der Waals surface area contributed by atoms with Crippen molar-refractivity contribution in [3.8, 4) is 0 Å². The zero-order chi connectivity index (χ0) is 7.98. The Labute approximate surface area is 63.8 Å². The predicted molar refractivity (Wildman–Crippen MR) is 47.0 cm³/mol. The molecule has 0 aromatic carbocycles. The summed E-state index contributed by atoms with van der Waals surface area (Å²) < 4.78 is 0. The van der Waals surface area contributed by atoms with Crippen LogP contribution >= 0.6 is 0 Å². The highest BCUT2D eigenvalue weighted by molar-refractivity contribution is 5.18. The van der Waals surface area contributed by atoms with E-state index in [1.54, 1.807) is 0 Å². The van der Waals surface area contributed by atoms with Gasteiger partial charge in [0.1, 0.15) is 0 Å². The molecule has 0 heterocycles. The molecule has 10 heavy (non-hydrogen) atoms. The van der Waals surface area contributed by atoms with Gasteiger partial charge in [0.2, 0.25) is 0 Å². The van der Waals surface area contributed by atoms with Gasteiger partial charge in [0, 0.05) is 6.54 Å². The van der Waals surface area contributed by atoms with E-state index >= 15 is 0 Å². The van der Waals surface area contributed by atoms with Crippen LogP contribution in [0.4, 0.5) is 0 Å². The van der Waals surface area contributed by atoms with Gasteiger partial charge in [-0.2, -0.15) is 0 Å². The van der Waals surface area contributed by atoms with Crippen molar-refractivity contribution in [1.29, 1.82) is 0 Å². The van der Waals surface area contributed by atoms with Crippen LogP contribution in [0, 0.1) is 5.92 Å². The second kappa shape index (κ2) is 5.24. The molecule has 0 aromatic rings. The molecule has 1 heteroatoms. The number of allylic oxidation sites excluding steroid dienone is 2. The summed E-state index contributed by atoms with van der Waals surface area (Å²) in [5, 5.41) is 3.06. The van der Waals surface area contributed by atoms with Crippen LogP contribution in [0.3, 0.4) is 0 Å². The standard InChI is InChI=1S/C9H17N/c1-5-9(8(2)3)6-7-10-4/h5-6,8,10H,1,7H2,2-4H3/b9-6+. The fourth-order valence-corrected chi connectivity index (χ4v) is 0.775. The predicted octanol–water partition coefficient (Wildman–Crippen LogP) is 1.97. The lowest BCUT2D eigenvalue weighted by Crippen LogP contribution is -2.06. The molecule has 0 spiro atoms. The Bertz CT molecular complexity index is 123. The molecular formula is C9H17N. The number of likely N-dealkylation sites (N-methyl/N-ethyl adjacent to an activating group) is 1. The molecule has 0 atom stereocenters. The van der Waals surface area contributed by atoms with Crippen LogP contribution in [0.15, 0.2) is 24.3 Å². The molecule has 0 radical (unpaired) electrons. The number of hydrogen-bond donors (Lipinski definition) is 1. The van der Waals surface area contributed by atoms with E-state index in [1.165, 1.54) is 5.57 Å². The van der Waals surface area contributed by atoms with Crippen LogP contribution in [-0.2, 0) is 0 Å². The Hall–Kier alpha value is -0.560. The number of nitrogens with one attached hydrogen (secondary N) is 1. The van der Waals surface area contributed by atoms with E-state index in [1.807, 2.05) is 13.1 Å². The van der Waals surface area contributed by atoms with Gasteiger partial charge < -0.3 is 5.32 Å². The minimum atomic E-state index is 0.589. The van der Waals surface area contributed by atoms with Crippen LogP contribution in [-0.4, -0.2) is 13.6 Å². The normalized spacial score (nSPS) is 12.2. The summed E-state index contributed by atoms with van der Waals surface area (Å²) in [7, 11) is 1.94. The zero-order valence-electron chi connectivity index (χ0n) is 7.15. The summed E-state index contributed by atoms with van der Waals surface area (Å²) in [5.74, 6) is 0.589. The van der Waals surface area contributed by atoms with Crippen molar-refractivity contribution in [3.63, 3.8) is 0 Å². The largest absolute Gasteiger partial charge is 0.316 e. The quantitative estimate of drug-likeness (QED) is 0.587. The molecule has 1 nitrogen and oxygen atoms in total. The molecule has 0 aliphatic rings. The van der Waals surface area contributed by atoms with Crippen LogP contribution in [0.5, 0.6) is 0 Å². The van der Waals surface area contributed by atoms with Gasteiger partial charge in [0.25, 0.3) is 0 Å². The highest BCUT2D eigenvalue weighted by Crippen LogP contribution is 2.08. The van der Waals surface area contributed by atoms with Crippen molar-refractivity contribution in [1.82, 2.24) is 5.32 Å². The Kier molecular flexibility index (Phi) is 4.95. The fraction of sp³-hybridized carbons (Fsp3) is 0.556. The lowest BCUT2D eigenvalue weighted by Gasteiger charge is -2.04. The Morgan fingerprint density at radius 2 is 2.20 bits per heavy atom. The van der Waals surface area contributed by atoms with Gasteiger partial charge in [-0.3, -0.25) is 0 Å². The van der Waals surface area contributed by atoms with Gasteiger partial charge in [-0.1, -0.05) is 32.6 Å². The molecule has 0 amide bonds. The Morgan fingerprint density at radius 1 is 1.60 bits per heavy atom. The SMILES string of the molecule is C=C/C(=C\CNC)C(C)C. The van der Waals surface area contributed by atoms with E-state index in [-0.39, 0.29) is 0 Å². The summed E-state index contributed by atoms with van der Waals surface area (Å²) in [5.41, 5.74) is 1.31. The lowest BCUT2D eigenvalue weighted by molar-refractivity contribution is 0.779. The highest BCUT2D eigenvalue weighted by Gasteiger charge is 1.95. The minimum absolute atomic E-state index is 0.589. The molecule has 0 saturated carbocycles. The zero-order valence-corrected chi connectivity index (χ0v) is 7.15. The van der Waals surface area contributed by atoms with E-state index in [0.717, 1.165) is 6.54 Å². The molecule has 0 aliphatic carbocycles. The van der Waals surface area contributed by atoms with Crippen molar-refractivity contribution < 1.29 is 0 Å². The second-order valence-corrected chi connectivity index (χ2v) is 2.62. The van der Waals surface area contributed by atoms with Crippen LogP contribution in [0.1, 0.15) is 13.8 Å². The molecule has 0 bridgehead atoms. The lowest BCUT2D eigenvalue weighted by atomic mass is 10.0. The fourth-order valence-electron chi connectivity index (χ4n) is 0.775. The van der Waals surface area contributed by atoms with Crippen LogP contribution in [0.25, 0.3) is 0 Å². The van der Waals surface area contributed by atoms with E-state index in [0.29, 0.717) is 5.92 Å². The molecule has 1 N–H and O–H groups in total. The topological polar surface area (TPSA) is 12.0 Å². The van der Waals surface area contributed by atoms with Gasteiger partial charge >= 0.3 is 0 Å². The smallest absolute Gasteiger partial charge is 0.0137 e. The first-order valence-corrected chi connectivity index (χ1v) is 3.69. The van der Waals surface area contributed by atoms with Crippen molar-refractivity contribution in [2.75, 3.05) is 13.6 Å². The number of hydrogen-bond acceptors (Lipinski definition) is 1. The summed E-state index contributed by atoms with van der Waals surface area (Å²) >= 11 is 0. The molecule has 0 rings (SSSR count). The van der Waals surface area contributed by atoms with Crippen molar-refractivity contribution in [2.24, 2.45) is 5.92 Å². The first-order valence-electron chi connectivity index (χ1n) is 3.69. The summed E-state index contributed by atoms with van der Waals surface area (Å²) in [4.78, 5) is 0. The summed E-state index contributed by atoms with van der Waals surface area (Å²) in [6.45, 7) is 9.01. The van der Waals surface area contributed by atoms with E-state index < -0.39 is 0 Å². The van der Waals surface area contributed by atoms with Gasteiger partial charge in [-0.25, -0.2) is 0 Å². The van der Waals surface area contributed by atoms with Crippen LogP contribution < -0.4 is 5.32 Å². The van der Waals surface area contributed by atoms with E-state index in [9.17, 15) is 0 Å². The van der Waals surface area contributed by atoms with Gasteiger partial charge in [-0.15, -0.1) is 0 Å². The van der Waals surface area contributed by atoms with Crippen molar-refractivity contribution >= 4 is 0 Å². The maximum Gasteiger partial charge on any atom is 0.0137 e. The molecule has 0 saturated heterocycles. The average Bonchev–Trinajstić information content (AvgIpc) is 1.89. The van der Waals surface area contributed by atoms with Crippen LogP contribution in [0.2, 0.25) is 0 Å². The first kappa shape index (κ1) is 9.44. The molecule has 0 aromatic heterocycles. The highest BCUT2D eigenvalue weighted by atomic mass is 14.8. The molecular weight excluding hydrogens is 122 g/mol. The van der Waals surface area contributed by atoms with E-state index in [2.05, 4.69) is 31.8 Å². The molecule has 0 aliphatic heterocycles. The minimum Gasteiger partial charge on any atom is -0.316 e. The third kappa shape index (κ3) is 3.46. The third-order valence-corrected chi connectivity index (χ3v) is 1.44. The van der Waals surface area contributed by atoms with Crippen molar-refractivity contribution in [2.45, 2.75) is 13.8 Å². The summed E-state index contributed by atoms with van der Waals surface area (Å²) in [6, 6.07) is 0. The Balaban J connectivity index is 3.91. The monoisotopic (exact) mass is 139 g/mol. The van der Waals surface area contributed by atoms with Gasteiger partial charge in [0.15, 0.2) is 0 Å². The maximum absolute atomic E-state index is 3.74. The summed E-state index contributed by atoms with van der Waals surface area (Å²) in [6.07, 6.45) is 4.08. The van der Waals surface area contributed by atoms with Gasteiger partial charge in [-0.05, 0) is 18.5 Å². The first-order chi connectivity index (χ1) is 4.72. The second-order valence-electron chi connectivity index (χ2n) is 2.62. The average molecular weight is 139 g/mol. The van der Waals surface area contributed by atoms with Crippen molar-refractivity contribution in [3.05, 3.63) is 24.3 Å². The van der Waals surface area contributed by atoms with E-state index in [4.69, 9.17) is 0 Å².